The summed E-state index contributed by atoms with van der Waals surface area (Å²) in [6.07, 6.45) is 0. The highest BCUT2D eigenvalue weighted by Gasteiger charge is 2.43. The standard InChI is InChI=1S/C11H29N3Si/c1-8-12(5)15(11-4,13(6)9-2)14(7)10-3/h8-11H2,1-7H3. The van der Waals surface area contributed by atoms with Gasteiger partial charge in [0.25, 0.3) is 8.56 Å². The molecule has 0 radical (unpaired) electrons. The van der Waals surface area contributed by atoms with Crippen LogP contribution in [0.2, 0.25) is 6.04 Å². The molecule has 0 aliphatic heterocycles. The van der Waals surface area contributed by atoms with Gasteiger partial charge in [-0.15, -0.1) is 0 Å². The van der Waals surface area contributed by atoms with E-state index in [1.165, 1.54) is 6.04 Å². The average molecular weight is 231 g/mol. The summed E-state index contributed by atoms with van der Waals surface area (Å²) in [6, 6.07) is 1.26. The van der Waals surface area contributed by atoms with E-state index < -0.39 is 8.56 Å². The number of nitrogens with zero attached hydrogens (tertiary/aromatic N) is 3. The van der Waals surface area contributed by atoms with Crippen molar-refractivity contribution in [2.24, 2.45) is 0 Å². The van der Waals surface area contributed by atoms with Gasteiger partial charge in [0.05, 0.1) is 0 Å². The zero-order valence-electron chi connectivity index (χ0n) is 11.7. The Kier molecular flexibility index (Phi) is 6.67. The highest BCUT2D eigenvalue weighted by Crippen LogP contribution is 2.20. The first kappa shape index (κ1) is 15.1. The summed E-state index contributed by atoms with van der Waals surface area (Å²) < 4.78 is 7.71. The summed E-state index contributed by atoms with van der Waals surface area (Å²) in [6.45, 7) is 12.5. The molecule has 0 unspecified atom stereocenters. The number of hydrogen-bond donors (Lipinski definition) is 0. The van der Waals surface area contributed by atoms with Gasteiger partial charge in [-0.05, 0) is 46.8 Å². The molecule has 0 spiro atoms. The molecule has 0 fully saturated rings. The fraction of sp³-hybridized carbons (Fsp3) is 1.00. The van der Waals surface area contributed by atoms with Crippen molar-refractivity contribution in [3.8, 4) is 0 Å². The predicted octanol–water partition coefficient (Wildman–Crippen LogP) is 1.80. The molecule has 4 heteroatoms. The van der Waals surface area contributed by atoms with Crippen LogP contribution < -0.4 is 0 Å². The second-order valence-corrected chi connectivity index (χ2v) is 8.72. The summed E-state index contributed by atoms with van der Waals surface area (Å²) in [5.74, 6) is 0. The van der Waals surface area contributed by atoms with Gasteiger partial charge in [-0.25, -0.2) is 0 Å². The Morgan fingerprint density at radius 2 is 0.933 bits per heavy atom. The molecule has 92 valence electrons. The zero-order chi connectivity index (χ0) is 12.1. The van der Waals surface area contributed by atoms with Crippen molar-refractivity contribution in [2.75, 3.05) is 40.8 Å². The molecule has 0 aliphatic rings. The van der Waals surface area contributed by atoms with Gasteiger partial charge >= 0.3 is 0 Å². The van der Waals surface area contributed by atoms with Crippen LogP contribution in [0.25, 0.3) is 0 Å². The normalized spacial score (nSPS) is 13.2. The fourth-order valence-electron chi connectivity index (χ4n) is 2.44. The van der Waals surface area contributed by atoms with Crippen molar-refractivity contribution >= 4 is 8.56 Å². The van der Waals surface area contributed by atoms with E-state index in [1.54, 1.807) is 0 Å². The Balaban J connectivity index is 5.09. The molecular formula is C11H29N3Si. The summed E-state index contributed by atoms with van der Waals surface area (Å²) in [5, 5.41) is 0. The van der Waals surface area contributed by atoms with E-state index in [0.29, 0.717) is 0 Å². The SMILES string of the molecule is CCN(C)[Si](CC)(N(C)CC)N(C)CC. The topological polar surface area (TPSA) is 9.72 Å². The highest BCUT2D eigenvalue weighted by atomic mass is 28.4. The largest absolute Gasteiger partial charge is 0.302 e. The van der Waals surface area contributed by atoms with Crippen molar-refractivity contribution in [3.63, 3.8) is 0 Å². The van der Waals surface area contributed by atoms with E-state index >= 15 is 0 Å². The molecule has 0 rings (SSSR count). The molecule has 0 aromatic carbocycles. The minimum Gasteiger partial charge on any atom is -0.302 e. The van der Waals surface area contributed by atoms with Gasteiger partial charge in [-0.1, -0.05) is 27.7 Å². The van der Waals surface area contributed by atoms with Crippen molar-refractivity contribution in [3.05, 3.63) is 0 Å². The third-order valence-corrected chi connectivity index (χ3v) is 9.30. The smallest absolute Gasteiger partial charge is 0.288 e. The maximum absolute atomic E-state index is 2.57. The third-order valence-electron chi connectivity index (χ3n) is 3.73. The Hall–Kier alpha value is 0.0969. The van der Waals surface area contributed by atoms with Crippen LogP contribution in [0.3, 0.4) is 0 Å². The predicted molar refractivity (Wildman–Crippen MR) is 71.1 cm³/mol. The Labute approximate surface area is 97.3 Å². The van der Waals surface area contributed by atoms with Gasteiger partial charge < -0.3 is 13.7 Å². The molecule has 0 N–H and O–H groups in total. The van der Waals surface area contributed by atoms with E-state index in [9.17, 15) is 0 Å². The van der Waals surface area contributed by atoms with Crippen LogP contribution in [0.15, 0.2) is 0 Å². The van der Waals surface area contributed by atoms with Crippen molar-refractivity contribution in [2.45, 2.75) is 33.7 Å². The van der Waals surface area contributed by atoms with Crippen LogP contribution in [-0.4, -0.2) is 63.0 Å². The van der Waals surface area contributed by atoms with E-state index in [4.69, 9.17) is 0 Å². The van der Waals surface area contributed by atoms with E-state index in [2.05, 4.69) is 62.5 Å². The van der Waals surface area contributed by atoms with E-state index in [0.717, 1.165) is 19.6 Å². The van der Waals surface area contributed by atoms with Gasteiger partial charge in [0.1, 0.15) is 0 Å². The first-order valence-corrected chi connectivity index (χ1v) is 8.19. The lowest BCUT2D eigenvalue weighted by molar-refractivity contribution is 0.316. The first-order valence-electron chi connectivity index (χ1n) is 6.14. The van der Waals surface area contributed by atoms with Crippen LogP contribution >= 0.6 is 0 Å². The quantitative estimate of drug-likeness (QED) is 0.619. The second-order valence-electron chi connectivity index (χ2n) is 4.17. The van der Waals surface area contributed by atoms with Gasteiger partial charge in [-0.3, -0.25) is 0 Å². The maximum atomic E-state index is 2.57. The molecule has 0 saturated carbocycles. The summed E-state index contributed by atoms with van der Waals surface area (Å²) >= 11 is 0. The highest BCUT2D eigenvalue weighted by molar-refractivity contribution is 6.71. The van der Waals surface area contributed by atoms with E-state index in [1.807, 2.05) is 0 Å². The molecule has 0 saturated heterocycles. The molecule has 0 bridgehead atoms. The number of rotatable bonds is 7. The first-order chi connectivity index (χ1) is 7.00. The van der Waals surface area contributed by atoms with Gasteiger partial charge in [0, 0.05) is 0 Å². The molecule has 0 heterocycles. The number of hydrogen-bond acceptors (Lipinski definition) is 3. The minimum absolute atomic E-state index is 1.13. The van der Waals surface area contributed by atoms with Crippen LogP contribution in [0, 0.1) is 0 Å². The lowest BCUT2D eigenvalue weighted by atomic mass is 10.8. The Morgan fingerprint density at radius 1 is 0.667 bits per heavy atom. The van der Waals surface area contributed by atoms with Crippen molar-refractivity contribution in [1.29, 1.82) is 0 Å². The zero-order valence-corrected chi connectivity index (χ0v) is 12.7. The van der Waals surface area contributed by atoms with Crippen LogP contribution in [0.5, 0.6) is 0 Å². The van der Waals surface area contributed by atoms with Gasteiger partial charge in [0.15, 0.2) is 0 Å². The lowest BCUT2D eigenvalue weighted by Crippen LogP contribution is -2.72. The molecule has 15 heavy (non-hydrogen) atoms. The van der Waals surface area contributed by atoms with Gasteiger partial charge in [0.2, 0.25) is 0 Å². The van der Waals surface area contributed by atoms with Crippen LogP contribution in [-0.2, 0) is 0 Å². The molecule has 0 aromatic heterocycles. The van der Waals surface area contributed by atoms with Crippen molar-refractivity contribution < 1.29 is 0 Å². The second kappa shape index (κ2) is 6.63. The third kappa shape index (κ3) is 2.81. The summed E-state index contributed by atoms with van der Waals surface area (Å²) in [5.41, 5.74) is 0. The van der Waals surface area contributed by atoms with Gasteiger partial charge in [-0.2, -0.15) is 0 Å². The monoisotopic (exact) mass is 231 g/mol. The Bertz CT molecular complexity index is 149. The maximum Gasteiger partial charge on any atom is 0.288 e. The molecular weight excluding hydrogens is 202 g/mol. The average Bonchev–Trinajstić information content (AvgIpc) is 2.29. The Morgan fingerprint density at radius 3 is 1.07 bits per heavy atom. The molecule has 0 amide bonds. The minimum atomic E-state index is -1.58. The molecule has 0 aromatic rings. The molecule has 0 atom stereocenters. The molecule has 3 nitrogen and oxygen atoms in total. The fourth-order valence-corrected chi connectivity index (χ4v) is 7.33. The molecule has 0 aliphatic carbocycles. The van der Waals surface area contributed by atoms with Crippen LogP contribution in [0.1, 0.15) is 27.7 Å². The summed E-state index contributed by atoms with van der Waals surface area (Å²) in [7, 11) is 5.24. The van der Waals surface area contributed by atoms with Crippen molar-refractivity contribution in [1.82, 2.24) is 13.7 Å². The van der Waals surface area contributed by atoms with Crippen LogP contribution in [0.4, 0.5) is 0 Å². The van der Waals surface area contributed by atoms with E-state index in [-0.39, 0.29) is 0 Å². The summed E-state index contributed by atoms with van der Waals surface area (Å²) in [4.78, 5) is 0. The lowest BCUT2D eigenvalue weighted by Gasteiger charge is -2.49.